The summed E-state index contributed by atoms with van der Waals surface area (Å²) >= 11 is 0. The molecule has 19 heavy (non-hydrogen) atoms. The van der Waals surface area contributed by atoms with Crippen molar-refractivity contribution in [3.05, 3.63) is 0 Å². The molecule has 0 spiro atoms. The van der Waals surface area contributed by atoms with Crippen molar-refractivity contribution in [3.63, 3.8) is 0 Å². The van der Waals surface area contributed by atoms with Gasteiger partial charge in [-0.2, -0.15) is 0 Å². The predicted molar refractivity (Wildman–Crippen MR) is 75.9 cm³/mol. The fraction of sp³-hybridized carbons (Fsp3) is 0.917. The van der Waals surface area contributed by atoms with Crippen LogP contribution in [0.25, 0.3) is 0 Å². The van der Waals surface area contributed by atoms with Gasteiger partial charge in [-0.15, -0.1) is 0 Å². The zero-order valence-corrected chi connectivity index (χ0v) is 12.9. The lowest BCUT2D eigenvalue weighted by Gasteiger charge is -2.25. The summed E-state index contributed by atoms with van der Waals surface area (Å²) in [6, 6.07) is -0.234. The van der Waals surface area contributed by atoms with Gasteiger partial charge in [-0.3, -0.25) is 4.79 Å². The minimum atomic E-state index is -2.97. The molecule has 1 heterocycles. The van der Waals surface area contributed by atoms with Crippen molar-refractivity contribution in [2.24, 2.45) is 0 Å². The maximum atomic E-state index is 12.0. The number of amides is 1. The number of nitrogens with zero attached hydrogens (tertiary/aromatic N) is 2. The quantitative estimate of drug-likeness (QED) is 0.692. The molecule has 112 valence electrons. The van der Waals surface area contributed by atoms with E-state index in [1.165, 1.54) is 0 Å². The zero-order valence-electron chi connectivity index (χ0n) is 12.1. The topological polar surface area (TPSA) is 69.7 Å². The Morgan fingerprint density at radius 2 is 1.95 bits per heavy atom. The van der Waals surface area contributed by atoms with E-state index in [9.17, 15) is 13.2 Å². The largest absolute Gasteiger partial charge is 0.346 e. The summed E-state index contributed by atoms with van der Waals surface area (Å²) in [4.78, 5) is 15.7. The third kappa shape index (κ3) is 6.35. The number of sulfone groups is 1. The Bertz CT molecular complexity index is 395. The normalized spacial score (nSPS) is 22.4. The average molecular weight is 291 g/mol. The van der Waals surface area contributed by atoms with Gasteiger partial charge in [0.2, 0.25) is 5.91 Å². The van der Waals surface area contributed by atoms with Crippen LogP contribution < -0.4 is 5.32 Å². The first-order valence-corrected chi connectivity index (χ1v) is 8.45. The van der Waals surface area contributed by atoms with Gasteiger partial charge < -0.3 is 15.1 Å². The SMILES string of the molecule is CN(C)CCCN(C)C(=O)CC1CS(=O)(=O)CCN1. The van der Waals surface area contributed by atoms with Crippen molar-refractivity contribution in [1.82, 2.24) is 15.1 Å². The molecule has 0 radical (unpaired) electrons. The Balaban J connectivity index is 2.33. The maximum Gasteiger partial charge on any atom is 0.223 e. The summed E-state index contributed by atoms with van der Waals surface area (Å²) in [7, 11) is 2.80. The van der Waals surface area contributed by atoms with Crippen molar-refractivity contribution in [1.29, 1.82) is 0 Å². The molecule has 0 aromatic rings. The summed E-state index contributed by atoms with van der Waals surface area (Å²) < 4.78 is 23.0. The van der Waals surface area contributed by atoms with Crippen LogP contribution in [0, 0.1) is 0 Å². The number of hydrogen-bond donors (Lipinski definition) is 1. The maximum absolute atomic E-state index is 12.0. The second kappa shape index (κ2) is 7.21. The van der Waals surface area contributed by atoms with Crippen LogP contribution in [0.4, 0.5) is 0 Å². The van der Waals surface area contributed by atoms with Gasteiger partial charge in [0.15, 0.2) is 9.84 Å². The second-order valence-electron chi connectivity index (χ2n) is 5.44. The molecule has 7 heteroatoms. The lowest BCUT2D eigenvalue weighted by atomic mass is 10.2. The van der Waals surface area contributed by atoms with Crippen LogP contribution in [-0.4, -0.2) is 82.4 Å². The standard InChI is InChI=1S/C12H25N3O3S/c1-14(2)6-4-7-15(3)12(16)9-11-10-19(17,18)8-5-13-11/h11,13H,4-10H2,1-3H3. The third-order valence-electron chi connectivity index (χ3n) is 3.25. The van der Waals surface area contributed by atoms with Gasteiger partial charge in [0.1, 0.15) is 0 Å². The molecular weight excluding hydrogens is 266 g/mol. The molecule has 1 aliphatic rings. The third-order valence-corrected chi connectivity index (χ3v) is 4.98. The molecule has 1 amide bonds. The Hall–Kier alpha value is -0.660. The molecule has 1 N–H and O–H groups in total. The first-order valence-electron chi connectivity index (χ1n) is 6.62. The highest BCUT2D eigenvalue weighted by Crippen LogP contribution is 2.07. The van der Waals surface area contributed by atoms with Gasteiger partial charge in [0, 0.05) is 32.6 Å². The van der Waals surface area contributed by atoms with Crippen molar-refractivity contribution < 1.29 is 13.2 Å². The van der Waals surface area contributed by atoms with Crippen molar-refractivity contribution in [2.45, 2.75) is 18.9 Å². The van der Waals surface area contributed by atoms with E-state index >= 15 is 0 Å². The van der Waals surface area contributed by atoms with Crippen LogP contribution in [0.1, 0.15) is 12.8 Å². The molecule has 6 nitrogen and oxygen atoms in total. The van der Waals surface area contributed by atoms with E-state index in [1.807, 2.05) is 14.1 Å². The van der Waals surface area contributed by atoms with Crippen molar-refractivity contribution >= 4 is 15.7 Å². The van der Waals surface area contributed by atoms with E-state index in [0.29, 0.717) is 13.1 Å². The fourth-order valence-corrected chi connectivity index (χ4v) is 3.56. The monoisotopic (exact) mass is 291 g/mol. The highest BCUT2D eigenvalue weighted by molar-refractivity contribution is 7.91. The van der Waals surface area contributed by atoms with E-state index in [-0.39, 0.29) is 29.9 Å². The van der Waals surface area contributed by atoms with Crippen LogP contribution in [0.15, 0.2) is 0 Å². The second-order valence-corrected chi connectivity index (χ2v) is 7.67. The van der Waals surface area contributed by atoms with Crippen LogP contribution >= 0.6 is 0 Å². The lowest BCUT2D eigenvalue weighted by molar-refractivity contribution is -0.130. The van der Waals surface area contributed by atoms with Crippen molar-refractivity contribution in [2.75, 3.05) is 52.3 Å². The fourth-order valence-electron chi connectivity index (χ4n) is 2.11. The van der Waals surface area contributed by atoms with E-state index in [2.05, 4.69) is 10.2 Å². The molecule has 1 saturated heterocycles. The van der Waals surface area contributed by atoms with Gasteiger partial charge in [0.05, 0.1) is 11.5 Å². The first-order chi connectivity index (χ1) is 8.80. The minimum Gasteiger partial charge on any atom is -0.346 e. The summed E-state index contributed by atoms with van der Waals surface area (Å²) in [6.45, 7) is 2.09. The minimum absolute atomic E-state index is 0.00774. The predicted octanol–water partition coefficient (Wildman–Crippen LogP) is -0.827. The van der Waals surface area contributed by atoms with Gasteiger partial charge in [-0.25, -0.2) is 8.42 Å². The van der Waals surface area contributed by atoms with E-state index in [1.54, 1.807) is 11.9 Å². The molecule has 0 bridgehead atoms. The summed E-state index contributed by atoms with van der Waals surface area (Å²) in [6.07, 6.45) is 1.18. The molecule has 0 aliphatic carbocycles. The molecule has 0 aromatic heterocycles. The van der Waals surface area contributed by atoms with Crippen LogP contribution in [0.3, 0.4) is 0 Å². The molecule has 1 unspecified atom stereocenters. The van der Waals surface area contributed by atoms with Gasteiger partial charge >= 0.3 is 0 Å². The lowest BCUT2D eigenvalue weighted by Crippen LogP contribution is -2.47. The smallest absolute Gasteiger partial charge is 0.223 e. The number of hydrogen-bond acceptors (Lipinski definition) is 5. The van der Waals surface area contributed by atoms with Crippen LogP contribution in [0.5, 0.6) is 0 Å². The van der Waals surface area contributed by atoms with Gasteiger partial charge in [-0.1, -0.05) is 0 Å². The summed E-state index contributed by atoms with van der Waals surface area (Å²) in [5.74, 6) is 0.258. The Labute approximate surface area is 116 Å². The van der Waals surface area contributed by atoms with E-state index in [0.717, 1.165) is 13.0 Å². The molecule has 1 aliphatic heterocycles. The Kier molecular flexibility index (Phi) is 6.22. The number of carbonyl (C=O) groups excluding carboxylic acids is 1. The molecule has 1 rings (SSSR count). The zero-order chi connectivity index (χ0) is 14.5. The number of carbonyl (C=O) groups is 1. The average Bonchev–Trinajstić information content (AvgIpc) is 2.26. The summed E-state index contributed by atoms with van der Waals surface area (Å²) in [5, 5.41) is 3.10. The Morgan fingerprint density at radius 1 is 1.26 bits per heavy atom. The molecule has 0 saturated carbocycles. The number of nitrogens with one attached hydrogen (secondary N) is 1. The van der Waals surface area contributed by atoms with Gasteiger partial charge in [-0.05, 0) is 27.1 Å². The summed E-state index contributed by atoms with van der Waals surface area (Å²) in [5.41, 5.74) is 0. The van der Waals surface area contributed by atoms with Crippen LogP contribution in [-0.2, 0) is 14.6 Å². The highest BCUT2D eigenvalue weighted by atomic mass is 32.2. The van der Waals surface area contributed by atoms with Gasteiger partial charge in [0.25, 0.3) is 0 Å². The molecule has 0 aromatic carbocycles. The van der Waals surface area contributed by atoms with E-state index in [4.69, 9.17) is 0 Å². The molecule has 1 fully saturated rings. The van der Waals surface area contributed by atoms with E-state index < -0.39 is 9.84 Å². The first kappa shape index (κ1) is 16.4. The number of rotatable bonds is 6. The molecular formula is C12H25N3O3S. The van der Waals surface area contributed by atoms with Crippen molar-refractivity contribution in [3.8, 4) is 0 Å². The molecule has 1 atom stereocenters. The Morgan fingerprint density at radius 3 is 2.53 bits per heavy atom. The van der Waals surface area contributed by atoms with Crippen LogP contribution in [0.2, 0.25) is 0 Å². The highest BCUT2D eigenvalue weighted by Gasteiger charge is 2.26.